The maximum absolute atomic E-state index is 14.0. The molecule has 3 aromatic carbocycles. The molecule has 1 saturated heterocycles. The quantitative estimate of drug-likeness (QED) is 0.215. The average Bonchev–Trinajstić information content (AvgIpc) is 3.72. The first kappa shape index (κ1) is 29.1. The summed E-state index contributed by atoms with van der Waals surface area (Å²) in [6.07, 6.45) is 4.16. The number of nitro groups is 1. The Labute approximate surface area is 260 Å². The van der Waals surface area contributed by atoms with E-state index in [1.807, 2.05) is 6.08 Å². The topological polar surface area (TPSA) is 141 Å². The Balaban J connectivity index is 1.17. The van der Waals surface area contributed by atoms with Crippen molar-refractivity contribution in [1.82, 2.24) is 10.0 Å². The monoisotopic (exact) mass is 625 g/mol. The zero-order chi connectivity index (χ0) is 32.1. The zero-order valence-corrected chi connectivity index (χ0v) is 24.1. The number of non-ortho nitro benzene ring substituents is 1. The van der Waals surface area contributed by atoms with Gasteiger partial charge in [-0.05, 0) is 78.4 Å². The summed E-state index contributed by atoms with van der Waals surface area (Å²) in [7, 11) is 0. The third kappa shape index (κ3) is 5.01. The van der Waals surface area contributed by atoms with Crippen molar-refractivity contribution in [2.75, 3.05) is 11.4 Å². The molecule has 3 aliphatic heterocycles. The summed E-state index contributed by atoms with van der Waals surface area (Å²) in [6.45, 7) is -0.421. The zero-order valence-electron chi connectivity index (χ0n) is 24.1. The fourth-order valence-electron chi connectivity index (χ4n) is 6.50. The molecule has 2 fully saturated rings. The van der Waals surface area contributed by atoms with E-state index in [9.17, 15) is 33.3 Å². The maximum atomic E-state index is 14.0. The van der Waals surface area contributed by atoms with E-state index in [2.05, 4.69) is 10.3 Å². The Morgan fingerprint density at radius 1 is 0.935 bits per heavy atom. The maximum Gasteiger partial charge on any atom is 0.269 e. The second-order valence-corrected chi connectivity index (χ2v) is 11.4. The van der Waals surface area contributed by atoms with Crippen LogP contribution in [0.1, 0.15) is 36.4 Å². The van der Waals surface area contributed by atoms with Gasteiger partial charge in [-0.25, -0.2) is 18.7 Å². The smallest absolute Gasteiger partial charge is 0.269 e. The number of imide groups is 1. The van der Waals surface area contributed by atoms with E-state index in [-0.39, 0.29) is 23.1 Å². The highest BCUT2D eigenvalue weighted by molar-refractivity contribution is 6.25. The number of benzene rings is 3. The molecular weight excluding hydrogens is 600 g/mol. The SMILES string of the molecule is O=C1[C@@H]2[C@@H](N=NN2CC(=O)N2N=C3/C(=C/c4ccc(F)cc4)CCC[C@@H]3[C@H]2c2ccc(F)cc2)C(=O)N1c1ccc([N+](=O)[O-])cc1. The molecule has 3 amide bonds. The first-order valence-electron chi connectivity index (χ1n) is 14.6. The minimum absolute atomic E-state index is 0.142. The third-order valence-electron chi connectivity index (χ3n) is 8.65. The van der Waals surface area contributed by atoms with Crippen LogP contribution in [0, 0.1) is 27.7 Å². The minimum atomic E-state index is -1.18. The molecule has 46 heavy (non-hydrogen) atoms. The highest BCUT2D eigenvalue weighted by Crippen LogP contribution is 2.45. The van der Waals surface area contributed by atoms with Crippen molar-refractivity contribution >= 4 is 40.9 Å². The Morgan fingerprint density at radius 2 is 1.61 bits per heavy atom. The van der Waals surface area contributed by atoms with E-state index < -0.39 is 53.1 Å². The number of nitro benzene ring substituents is 1. The van der Waals surface area contributed by atoms with Gasteiger partial charge in [-0.15, -0.1) is 0 Å². The number of rotatable bonds is 6. The van der Waals surface area contributed by atoms with E-state index in [4.69, 9.17) is 5.10 Å². The number of hydrogen-bond acceptors (Lipinski definition) is 9. The van der Waals surface area contributed by atoms with E-state index in [1.54, 1.807) is 24.3 Å². The Hall–Kier alpha value is -5.66. The molecule has 4 aliphatic rings. The molecule has 0 radical (unpaired) electrons. The highest BCUT2D eigenvalue weighted by Gasteiger charge is 2.55. The summed E-state index contributed by atoms with van der Waals surface area (Å²) < 4.78 is 27.4. The van der Waals surface area contributed by atoms with E-state index in [0.717, 1.165) is 33.9 Å². The molecule has 0 bridgehead atoms. The van der Waals surface area contributed by atoms with Crippen LogP contribution in [0.2, 0.25) is 0 Å². The standard InChI is InChI=1S/C32H25F2N7O5/c33-21-8-4-18(5-9-21)16-20-2-1-3-25-27(20)36-40(29(25)19-6-10-22(34)11-7-19)26(42)17-38-30-28(35-37-38)31(43)39(32(30)44)23-12-14-24(15-13-23)41(45)46/h4-16,25,28-30H,1-3,17H2/b20-16+/t25-,28+,29+,30-/m0/s1. The van der Waals surface area contributed by atoms with Crippen molar-refractivity contribution in [3.8, 4) is 0 Å². The summed E-state index contributed by atoms with van der Waals surface area (Å²) >= 11 is 0. The Kier molecular flexibility index (Phi) is 7.18. The van der Waals surface area contributed by atoms with Crippen molar-refractivity contribution in [2.45, 2.75) is 37.4 Å². The third-order valence-corrected chi connectivity index (χ3v) is 8.65. The van der Waals surface area contributed by atoms with Crippen molar-refractivity contribution in [3.05, 3.63) is 111 Å². The van der Waals surface area contributed by atoms with Crippen LogP contribution in [0.25, 0.3) is 6.08 Å². The van der Waals surface area contributed by atoms with Gasteiger partial charge in [0.1, 0.15) is 18.2 Å². The van der Waals surface area contributed by atoms with Gasteiger partial charge >= 0.3 is 0 Å². The molecule has 3 aromatic rings. The van der Waals surface area contributed by atoms with Crippen LogP contribution >= 0.6 is 0 Å². The molecule has 232 valence electrons. The van der Waals surface area contributed by atoms with Crippen molar-refractivity contribution in [2.24, 2.45) is 21.4 Å². The molecule has 1 saturated carbocycles. The minimum Gasteiger partial charge on any atom is -0.271 e. The van der Waals surface area contributed by atoms with Crippen molar-refractivity contribution < 1.29 is 28.1 Å². The molecule has 0 aromatic heterocycles. The molecule has 7 rings (SSSR count). The fourth-order valence-corrected chi connectivity index (χ4v) is 6.50. The normalized spacial score (nSPS) is 24.4. The van der Waals surface area contributed by atoms with Gasteiger partial charge in [0.05, 0.1) is 22.4 Å². The number of anilines is 1. The number of allylic oxidation sites excluding steroid dienone is 1. The number of hydrazone groups is 1. The van der Waals surface area contributed by atoms with Gasteiger partial charge in [-0.2, -0.15) is 10.2 Å². The molecule has 4 atom stereocenters. The summed E-state index contributed by atoms with van der Waals surface area (Å²) in [5.74, 6) is -2.81. The lowest BCUT2D eigenvalue weighted by Gasteiger charge is -2.30. The molecule has 0 spiro atoms. The predicted octanol–water partition coefficient (Wildman–Crippen LogP) is 4.99. The van der Waals surface area contributed by atoms with Gasteiger partial charge in [0.25, 0.3) is 23.4 Å². The molecule has 12 nitrogen and oxygen atoms in total. The lowest BCUT2D eigenvalue weighted by Crippen LogP contribution is -2.45. The number of carbonyl (C=O) groups is 3. The molecule has 0 unspecified atom stereocenters. The summed E-state index contributed by atoms with van der Waals surface area (Å²) in [5.41, 5.74) is 3.02. The van der Waals surface area contributed by atoms with Crippen LogP contribution < -0.4 is 4.90 Å². The Bertz CT molecular complexity index is 1840. The Morgan fingerprint density at radius 3 is 2.28 bits per heavy atom. The number of halogens is 2. The van der Waals surface area contributed by atoms with E-state index in [0.29, 0.717) is 17.7 Å². The van der Waals surface area contributed by atoms with E-state index >= 15 is 0 Å². The molecular formula is C32H25F2N7O5. The van der Waals surface area contributed by atoms with E-state index in [1.165, 1.54) is 53.5 Å². The summed E-state index contributed by atoms with van der Waals surface area (Å²) in [6, 6.07) is 14.0. The fraction of sp³-hybridized carbons (Fsp3) is 0.250. The first-order valence-corrected chi connectivity index (χ1v) is 14.6. The second kappa shape index (κ2) is 11.4. The van der Waals surface area contributed by atoms with Crippen LogP contribution in [0.5, 0.6) is 0 Å². The van der Waals surface area contributed by atoms with Gasteiger partial charge in [0, 0.05) is 18.1 Å². The average molecular weight is 626 g/mol. The van der Waals surface area contributed by atoms with Crippen LogP contribution in [0.3, 0.4) is 0 Å². The van der Waals surface area contributed by atoms with Gasteiger partial charge in [0.15, 0.2) is 12.1 Å². The van der Waals surface area contributed by atoms with Gasteiger partial charge in [-0.1, -0.05) is 29.5 Å². The lowest BCUT2D eigenvalue weighted by atomic mass is 9.77. The molecule has 1 aliphatic carbocycles. The number of nitrogens with zero attached hydrogens (tertiary/aromatic N) is 7. The highest BCUT2D eigenvalue weighted by atomic mass is 19.1. The van der Waals surface area contributed by atoms with Crippen LogP contribution in [-0.2, 0) is 14.4 Å². The number of amides is 3. The predicted molar refractivity (Wildman–Crippen MR) is 160 cm³/mol. The van der Waals surface area contributed by atoms with Crippen molar-refractivity contribution in [3.63, 3.8) is 0 Å². The summed E-state index contributed by atoms with van der Waals surface area (Å²) in [4.78, 5) is 52.0. The second-order valence-electron chi connectivity index (χ2n) is 11.4. The van der Waals surface area contributed by atoms with Crippen LogP contribution in [0.4, 0.5) is 20.2 Å². The van der Waals surface area contributed by atoms with Crippen LogP contribution in [-0.4, -0.2) is 57.0 Å². The molecule has 0 N–H and O–H groups in total. The molecule has 3 heterocycles. The van der Waals surface area contributed by atoms with Crippen LogP contribution in [0.15, 0.2) is 93.8 Å². The molecule has 14 heteroatoms. The first-order chi connectivity index (χ1) is 22.2. The van der Waals surface area contributed by atoms with Gasteiger partial charge < -0.3 is 0 Å². The van der Waals surface area contributed by atoms with Gasteiger partial charge in [0.2, 0.25) is 0 Å². The number of fused-ring (bicyclic) bond motifs is 2. The van der Waals surface area contributed by atoms with Crippen molar-refractivity contribution in [1.29, 1.82) is 0 Å². The largest absolute Gasteiger partial charge is 0.271 e. The lowest BCUT2D eigenvalue weighted by molar-refractivity contribution is -0.384. The summed E-state index contributed by atoms with van der Waals surface area (Å²) in [5, 5.41) is 26.3. The number of carbonyl (C=O) groups excluding carboxylic acids is 3. The number of hydrogen-bond donors (Lipinski definition) is 0. The van der Waals surface area contributed by atoms with Gasteiger partial charge in [-0.3, -0.25) is 29.5 Å².